The first-order chi connectivity index (χ1) is 13.4. The van der Waals surface area contributed by atoms with Gasteiger partial charge in [-0.1, -0.05) is 43.5 Å². The Kier molecular flexibility index (Phi) is 6.41. The number of benzene rings is 2. The highest BCUT2D eigenvalue weighted by Gasteiger charge is 2.34. The Labute approximate surface area is 163 Å². The molecular formula is C20H22F2N2O3S. The van der Waals surface area contributed by atoms with E-state index in [0.717, 1.165) is 35.7 Å². The van der Waals surface area contributed by atoms with E-state index in [1.807, 2.05) is 0 Å². The van der Waals surface area contributed by atoms with Crippen molar-refractivity contribution in [1.82, 2.24) is 4.31 Å². The average Bonchev–Trinajstić information content (AvgIpc) is 2.70. The van der Waals surface area contributed by atoms with E-state index in [1.165, 1.54) is 18.2 Å². The van der Waals surface area contributed by atoms with E-state index < -0.39 is 39.8 Å². The fraction of sp³-hybridized carbons (Fsp3) is 0.350. The van der Waals surface area contributed by atoms with E-state index in [-0.39, 0.29) is 10.9 Å². The zero-order valence-electron chi connectivity index (χ0n) is 15.3. The minimum Gasteiger partial charge on any atom is -0.320 e. The molecular weight excluding hydrogens is 386 g/mol. The van der Waals surface area contributed by atoms with Crippen LogP contribution in [0.2, 0.25) is 0 Å². The maximum atomic E-state index is 13.8. The number of carbonyl (C=O) groups is 1. The molecule has 0 atom stereocenters. The number of sulfonamides is 1. The first-order valence-corrected chi connectivity index (χ1v) is 10.6. The summed E-state index contributed by atoms with van der Waals surface area (Å²) in [5, 5.41) is 2.18. The minimum absolute atomic E-state index is 0.0884. The van der Waals surface area contributed by atoms with Gasteiger partial charge in [-0.2, -0.15) is 4.31 Å². The van der Waals surface area contributed by atoms with Gasteiger partial charge in [0.1, 0.15) is 17.3 Å². The lowest BCUT2D eigenvalue weighted by Crippen LogP contribution is -2.45. The van der Waals surface area contributed by atoms with Crippen molar-refractivity contribution in [2.75, 3.05) is 11.9 Å². The number of rotatable bonds is 6. The van der Waals surface area contributed by atoms with Crippen molar-refractivity contribution in [1.29, 1.82) is 0 Å². The summed E-state index contributed by atoms with van der Waals surface area (Å²) < 4.78 is 55.1. The van der Waals surface area contributed by atoms with Crippen molar-refractivity contribution < 1.29 is 22.0 Å². The molecule has 0 aliphatic heterocycles. The molecule has 28 heavy (non-hydrogen) atoms. The Morgan fingerprint density at radius 3 is 2.18 bits per heavy atom. The van der Waals surface area contributed by atoms with E-state index in [0.29, 0.717) is 12.8 Å². The number of para-hydroxylation sites is 1. The summed E-state index contributed by atoms with van der Waals surface area (Å²) in [6.07, 6.45) is 4.05. The number of amides is 1. The van der Waals surface area contributed by atoms with Gasteiger partial charge in [0.25, 0.3) is 0 Å². The van der Waals surface area contributed by atoms with Crippen LogP contribution in [0.15, 0.2) is 53.4 Å². The summed E-state index contributed by atoms with van der Waals surface area (Å²) in [4.78, 5) is 12.6. The number of nitrogens with zero attached hydrogens (tertiary/aromatic N) is 1. The topological polar surface area (TPSA) is 66.5 Å². The van der Waals surface area contributed by atoms with Crippen LogP contribution >= 0.6 is 0 Å². The highest BCUT2D eigenvalue weighted by atomic mass is 32.2. The molecule has 2 aromatic rings. The summed E-state index contributed by atoms with van der Waals surface area (Å²) in [6.45, 7) is -0.504. The van der Waals surface area contributed by atoms with Crippen LogP contribution in [0.25, 0.3) is 0 Å². The second-order valence-corrected chi connectivity index (χ2v) is 8.69. The van der Waals surface area contributed by atoms with E-state index in [9.17, 15) is 22.0 Å². The Hall–Kier alpha value is -2.32. The van der Waals surface area contributed by atoms with Crippen LogP contribution in [0.3, 0.4) is 0 Å². The van der Waals surface area contributed by atoms with Gasteiger partial charge in [0.15, 0.2) is 0 Å². The van der Waals surface area contributed by atoms with Crippen LogP contribution in [0.5, 0.6) is 0 Å². The lowest BCUT2D eigenvalue weighted by Gasteiger charge is -2.33. The molecule has 2 aromatic carbocycles. The molecule has 150 valence electrons. The number of nitrogens with one attached hydrogen (secondary N) is 1. The monoisotopic (exact) mass is 408 g/mol. The molecule has 1 saturated carbocycles. The van der Waals surface area contributed by atoms with Crippen LogP contribution in [-0.4, -0.2) is 31.2 Å². The van der Waals surface area contributed by atoms with E-state index in [4.69, 9.17) is 0 Å². The second-order valence-electron chi connectivity index (χ2n) is 6.80. The Bertz CT molecular complexity index is 909. The molecule has 0 heterocycles. The fourth-order valence-electron chi connectivity index (χ4n) is 3.44. The Morgan fingerprint density at radius 2 is 1.57 bits per heavy atom. The number of hydrogen-bond acceptors (Lipinski definition) is 3. The molecule has 0 aromatic heterocycles. The molecule has 1 aliphatic rings. The van der Waals surface area contributed by atoms with Crippen LogP contribution in [0.4, 0.5) is 14.5 Å². The van der Waals surface area contributed by atoms with E-state index >= 15 is 0 Å². The van der Waals surface area contributed by atoms with Gasteiger partial charge in [0.2, 0.25) is 15.9 Å². The van der Waals surface area contributed by atoms with Gasteiger partial charge in [-0.3, -0.25) is 4.79 Å². The Balaban J connectivity index is 1.86. The maximum absolute atomic E-state index is 13.8. The summed E-state index contributed by atoms with van der Waals surface area (Å²) in [5.74, 6) is -2.61. The first-order valence-electron chi connectivity index (χ1n) is 9.20. The van der Waals surface area contributed by atoms with Gasteiger partial charge < -0.3 is 5.32 Å². The van der Waals surface area contributed by atoms with Gasteiger partial charge in [-0.25, -0.2) is 17.2 Å². The van der Waals surface area contributed by atoms with E-state index in [2.05, 4.69) is 5.32 Å². The number of carbonyl (C=O) groups excluding carboxylic acids is 1. The molecule has 5 nitrogen and oxygen atoms in total. The van der Waals surface area contributed by atoms with Gasteiger partial charge in [-0.15, -0.1) is 0 Å². The third-order valence-electron chi connectivity index (χ3n) is 4.86. The molecule has 0 saturated heterocycles. The highest BCUT2D eigenvalue weighted by Crippen LogP contribution is 2.28. The highest BCUT2D eigenvalue weighted by molar-refractivity contribution is 7.89. The van der Waals surface area contributed by atoms with Crippen LogP contribution in [-0.2, 0) is 14.8 Å². The van der Waals surface area contributed by atoms with Gasteiger partial charge in [0, 0.05) is 6.04 Å². The van der Waals surface area contributed by atoms with Crippen molar-refractivity contribution in [2.45, 2.75) is 43.0 Å². The largest absolute Gasteiger partial charge is 0.320 e. The van der Waals surface area contributed by atoms with Gasteiger partial charge in [-0.05, 0) is 37.1 Å². The van der Waals surface area contributed by atoms with Crippen molar-refractivity contribution in [3.63, 3.8) is 0 Å². The van der Waals surface area contributed by atoms with E-state index in [1.54, 1.807) is 18.2 Å². The molecule has 0 unspecified atom stereocenters. The molecule has 1 N–H and O–H groups in total. The molecule has 3 rings (SSSR count). The van der Waals surface area contributed by atoms with Crippen LogP contribution in [0.1, 0.15) is 32.1 Å². The normalized spacial score (nSPS) is 15.5. The molecule has 1 amide bonds. The van der Waals surface area contributed by atoms with Crippen molar-refractivity contribution in [2.24, 2.45) is 0 Å². The first kappa shape index (κ1) is 20.4. The smallest absolute Gasteiger partial charge is 0.243 e. The molecule has 0 spiro atoms. The molecule has 8 heteroatoms. The molecule has 1 aliphatic carbocycles. The minimum atomic E-state index is -3.92. The third kappa shape index (κ3) is 4.56. The summed E-state index contributed by atoms with van der Waals surface area (Å²) in [6, 6.07) is 10.8. The fourth-order valence-corrected chi connectivity index (χ4v) is 5.11. The predicted molar refractivity (Wildman–Crippen MR) is 102 cm³/mol. The van der Waals surface area contributed by atoms with Gasteiger partial charge >= 0.3 is 0 Å². The molecule has 0 bridgehead atoms. The number of anilines is 1. The van der Waals surface area contributed by atoms with Crippen molar-refractivity contribution >= 4 is 21.6 Å². The Morgan fingerprint density at radius 1 is 0.964 bits per heavy atom. The predicted octanol–water partition coefficient (Wildman–Crippen LogP) is 3.93. The van der Waals surface area contributed by atoms with Crippen LogP contribution < -0.4 is 5.32 Å². The van der Waals surface area contributed by atoms with Crippen molar-refractivity contribution in [3.05, 3.63) is 60.2 Å². The third-order valence-corrected chi connectivity index (χ3v) is 6.77. The van der Waals surface area contributed by atoms with Crippen molar-refractivity contribution in [3.8, 4) is 0 Å². The summed E-state index contributed by atoms with van der Waals surface area (Å²) in [7, 11) is -3.92. The quantitative estimate of drug-likeness (QED) is 0.788. The number of halogens is 2. The molecule has 1 fully saturated rings. The van der Waals surface area contributed by atoms with Gasteiger partial charge in [0.05, 0.1) is 11.4 Å². The SMILES string of the molecule is O=C(CN(C1CCCCC1)S(=O)(=O)c1ccccc1)Nc1c(F)cccc1F. The molecule has 0 radical (unpaired) electrons. The summed E-state index contributed by atoms with van der Waals surface area (Å²) >= 11 is 0. The maximum Gasteiger partial charge on any atom is 0.243 e. The summed E-state index contributed by atoms with van der Waals surface area (Å²) in [5.41, 5.74) is -0.576. The second kappa shape index (κ2) is 8.79. The average molecular weight is 408 g/mol. The zero-order valence-corrected chi connectivity index (χ0v) is 16.1. The number of hydrogen-bond donors (Lipinski definition) is 1. The lowest BCUT2D eigenvalue weighted by molar-refractivity contribution is -0.116. The lowest BCUT2D eigenvalue weighted by atomic mass is 9.95. The zero-order chi connectivity index (χ0) is 20.1. The standard InChI is InChI=1S/C20H22F2N2O3S/c21-17-12-7-13-18(22)20(17)23-19(25)14-24(15-8-3-1-4-9-15)28(26,27)16-10-5-2-6-11-16/h2,5-7,10-13,15H,1,3-4,8-9,14H2,(H,23,25). The van der Waals surface area contributed by atoms with Crippen LogP contribution in [0, 0.1) is 11.6 Å².